The molecule has 0 aliphatic heterocycles. The van der Waals surface area contributed by atoms with Crippen LogP contribution in [0, 0.1) is 0 Å². The second kappa shape index (κ2) is 59.9. The van der Waals surface area contributed by atoms with Gasteiger partial charge in [0, 0.05) is 12.8 Å². The molecule has 3 N–H and O–H groups in total. The van der Waals surface area contributed by atoms with Crippen molar-refractivity contribution in [2.45, 2.75) is 360 Å². The zero-order valence-corrected chi connectivity index (χ0v) is 47.3. The first-order valence-corrected chi connectivity index (χ1v) is 31.6. The molecule has 0 bridgehead atoms. The summed E-state index contributed by atoms with van der Waals surface area (Å²) in [7, 11) is 0. The summed E-state index contributed by atoms with van der Waals surface area (Å²) in [5, 5.41) is 23.4. The maximum absolute atomic E-state index is 12.5. The Morgan fingerprint density at radius 2 is 0.714 bits per heavy atom. The van der Waals surface area contributed by atoms with Gasteiger partial charge in [0.2, 0.25) is 5.91 Å². The first-order valence-electron chi connectivity index (χ1n) is 31.6. The van der Waals surface area contributed by atoms with Crippen LogP contribution in [-0.2, 0) is 14.3 Å². The van der Waals surface area contributed by atoms with E-state index in [2.05, 4.69) is 43.5 Å². The molecule has 414 valence electrons. The highest BCUT2D eigenvalue weighted by molar-refractivity contribution is 5.76. The summed E-state index contributed by atoms with van der Waals surface area (Å²) < 4.78 is 5.47. The lowest BCUT2D eigenvalue weighted by Gasteiger charge is -2.22. The van der Waals surface area contributed by atoms with E-state index in [1.807, 2.05) is 0 Å². The third-order valence-electron chi connectivity index (χ3n) is 14.8. The number of aliphatic hydroxyl groups is 2. The molecule has 0 aliphatic carbocycles. The fourth-order valence-corrected chi connectivity index (χ4v) is 9.91. The van der Waals surface area contributed by atoms with Crippen LogP contribution < -0.4 is 5.32 Å². The van der Waals surface area contributed by atoms with E-state index < -0.39 is 12.1 Å². The first-order chi connectivity index (χ1) is 34.5. The van der Waals surface area contributed by atoms with Crippen LogP contribution in [-0.4, -0.2) is 47.4 Å². The number of ether oxygens (including phenoxy) is 1. The van der Waals surface area contributed by atoms with Crippen molar-refractivity contribution in [3.05, 3.63) is 24.3 Å². The summed E-state index contributed by atoms with van der Waals surface area (Å²) in [4.78, 5) is 24.6. The molecule has 0 rings (SSSR count). The molecule has 6 heteroatoms. The Morgan fingerprint density at radius 3 is 1.10 bits per heavy atom. The number of allylic oxidation sites excluding steroid dienone is 4. The van der Waals surface area contributed by atoms with Gasteiger partial charge in [0.1, 0.15) is 0 Å². The number of unbranched alkanes of at least 4 members (excludes halogenated alkanes) is 44. The van der Waals surface area contributed by atoms with Gasteiger partial charge in [-0.1, -0.05) is 301 Å². The molecule has 0 aromatic carbocycles. The lowest BCUT2D eigenvalue weighted by atomic mass is 10.0. The van der Waals surface area contributed by atoms with Crippen LogP contribution in [0.4, 0.5) is 0 Å². The van der Waals surface area contributed by atoms with Crippen LogP contribution in [0.15, 0.2) is 24.3 Å². The molecule has 0 spiro atoms. The summed E-state index contributed by atoms with van der Waals surface area (Å²) >= 11 is 0. The second-order valence-corrected chi connectivity index (χ2v) is 21.7. The first kappa shape index (κ1) is 68.3. The number of hydrogen-bond acceptors (Lipinski definition) is 5. The minimum Gasteiger partial charge on any atom is -0.466 e. The van der Waals surface area contributed by atoms with Crippen LogP contribution in [0.2, 0.25) is 0 Å². The minimum atomic E-state index is -0.675. The number of carbonyl (C=O) groups is 2. The average Bonchev–Trinajstić information content (AvgIpc) is 3.36. The maximum atomic E-state index is 12.5. The molecule has 0 aromatic rings. The Morgan fingerprint density at radius 1 is 0.400 bits per heavy atom. The van der Waals surface area contributed by atoms with Crippen LogP contribution in [0.25, 0.3) is 0 Å². The number of aliphatic hydroxyl groups excluding tert-OH is 2. The normalized spacial score (nSPS) is 12.7. The lowest BCUT2D eigenvalue weighted by molar-refractivity contribution is -0.143. The molecular weight excluding hydrogens is 863 g/mol. The Labute approximate surface area is 437 Å². The van der Waals surface area contributed by atoms with Crippen molar-refractivity contribution in [1.82, 2.24) is 5.32 Å². The molecule has 2 atom stereocenters. The van der Waals surface area contributed by atoms with Crippen molar-refractivity contribution in [1.29, 1.82) is 0 Å². The number of amides is 1. The summed E-state index contributed by atoms with van der Waals surface area (Å²) in [6, 6.07) is -0.553. The monoisotopic (exact) mass is 986 g/mol. The predicted octanol–water partition coefficient (Wildman–Crippen LogP) is 19.8. The Bertz CT molecular complexity index is 1090. The fraction of sp³-hybridized carbons (Fsp3) is 0.906. The van der Waals surface area contributed by atoms with E-state index in [0.717, 1.165) is 57.8 Å². The topological polar surface area (TPSA) is 95.9 Å². The van der Waals surface area contributed by atoms with Crippen molar-refractivity contribution in [2.75, 3.05) is 13.2 Å². The smallest absolute Gasteiger partial charge is 0.305 e. The molecule has 70 heavy (non-hydrogen) atoms. The highest BCUT2D eigenvalue weighted by Crippen LogP contribution is 2.18. The largest absolute Gasteiger partial charge is 0.466 e. The highest BCUT2D eigenvalue weighted by Gasteiger charge is 2.20. The zero-order chi connectivity index (χ0) is 50.7. The lowest BCUT2D eigenvalue weighted by Crippen LogP contribution is -2.45. The maximum Gasteiger partial charge on any atom is 0.305 e. The number of nitrogens with one attached hydrogen (secondary N) is 1. The van der Waals surface area contributed by atoms with Gasteiger partial charge < -0.3 is 20.3 Å². The van der Waals surface area contributed by atoms with Crippen molar-refractivity contribution in [3.8, 4) is 0 Å². The highest BCUT2D eigenvalue weighted by atomic mass is 16.5. The molecule has 1 amide bonds. The Kier molecular flexibility index (Phi) is 58.5. The molecular formula is C64H123NO5. The van der Waals surface area contributed by atoms with Crippen molar-refractivity contribution >= 4 is 11.9 Å². The van der Waals surface area contributed by atoms with E-state index in [9.17, 15) is 19.8 Å². The summed E-state index contributed by atoms with van der Waals surface area (Å²) in [6.45, 7) is 4.93. The van der Waals surface area contributed by atoms with Crippen LogP contribution in [0.3, 0.4) is 0 Å². The van der Waals surface area contributed by atoms with Gasteiger partial charge in [-0.05, 0) is 57.8 Å². The number of carbonyl (C=O) groups excluding carboxylic acids is 2. The quantitative estimate of drug-likeness (QED) is 0.0321. The molecule has 6 nitrogen and oxygen atoms in total. The molecule has 0 aromatic heterocycles. The molecule has 0 radical (unpaired) electrons. The van der Waals surface area contributed by atoms with Crippen LogP contribution in [0.1, 0.15) is 348 Å². The van der Waals surface area contributed by atoms with Crippen molar-refractivity contribution in [3.63, 3.8) is 0 Å². The van der Waals surface area contributed by atoms with Gasteiger partial charge in [-0.25, -0.2) is 0 Å². The summed E-state index contributed by atoms with van der Waals surface area (Å²) in [6.07, 6.45) is 73.2. The van der Waals surface area contributed by atoms with Crippen molar-refractivity contribution < 1.29 is 24.5 Å². The van der Waals surface area contributed by atoms with Crippen LogP contribution >= 0.6 is 0 Å². The van der Waals surface area contributed by atoms with E-state index in [1.165, 1.54) is 257 Å². The van der Waals surface area contributed by atoms with E-state index in [0.29, 0.717) is 25.9 Å². The number of hydrogen-bond donors (Lipinski definition) is 3. The Balaban J connectivity index is 3.44. The number of esters is 1. The number of rotatable bonds is 59. The predicted molar refractivity (Wildman–Crippen MR) is 306 cm³/mol. The molecule has 2 unspecified atom stereocenters. The summed E-state index contributed by atoms with van der Waals surface area (Å²) in [5.41, 5.74) is 0. The molecule has 0 saturated carbocycles. The Hall–Kier alpha value is -1.66. The molecule has 0 fully saturated rings. The van der Waals surface area contributed by atoms with Gasteiger partial charge in [0.25, 0.3) is 0 Å². The van der Waals surface area contributed by atoms with Gasteiger partial charge in [0.05, 0.1) is 25.4 Å². The molecule has 0 aliphatic rings. The molecule has 0 heterocycles. The fourth-order valence-electron chi connectivity index (χ4n) is 9.91. The van der Waals surface area contributed by atoms with E-state index in [4.69, 9.17) is 4.74 Å². The van der Waals surface area contributed by atoms with Crippen molar-refractivity contribution in [2.24, 2.45) is 0 Å². The summed E-state index contributed by atoms with van der Waals surface area (Å²) in [5.74, 6) is -0.0625. The van der Waals surface area contributed by atoms with Gasteiger partial charge in [-0.2, -0.15) is 0 Å². The van der Waals surface area contributed by atoms with E-state index in [-0.39, 0.29) is 18.5 Å². The molecule has 0 saturated heterocycles. The van der Waals surface area contributed by atoms with Crippen LogP contribution in [0.5, 0.6) is 0 Å². The van der Waals surface area contributed by atoms with E-state index in [1.54, 1.807) is 0 Å². The zero-order valence-electron chi connectivity index (χ0n) is 47.3. The SMILES string of the molecule is CCCCCC/C=C\C/C=C\CCCCCCCC(=O)OCCCCCCCCCCCCCCCC(=O)NC(CO)C(O)CCCCCCCCCCCCCCCCCCCCCCCCCC. The minimum absolute atomic E-state index is 0.0177. The third-order valence-corrected chi connectivity index (χ3v) is 14.8. The third kappa shape index (κ3) is 55.7. The van der Waals surface area contributed by atoms with E-state index >= 15 is 0 Å². The average molecular weight is 987 g/mol. The second-order valence-electron chi connectivity index (χ2n) is 21.7. The standard InChI is InChI=1S/C64H123NO5/c1-3-5-7-9-11-13-15-17-19-21-22-23-24-25-26-27-28-29-32-36-40-44-48-52-56-62(67)61(60-66)65-63(68)57-53-49-45-41-37-33-31-35-39-43-47-51-55-59-70-64(69)58-54-50-46-42-38-34-30-20-18-16-14-12-10-8-6-4-2/h14,16,20,30,61-62,66-67H,3-13,15,17-19,21-29,31-60H2,1-2H3,(H,65,68)/b16-14-,30-20-. The van der Waals surface area contributed by atoms with Gasteiger partial charge in [-0.15, -0.1) is 0 Å². The van der Waals surface area contributed by atoms with Gasteiger partial charge >= 0.3 is 5.97 Å². The van der Waals surface area contributed by atoms with Gasteiger partial charge in [-0.3, -0.25) is 9.59 Å². The van der Waals surface area contributed by atoms with Gasteiger partial charge in [0.15, 0.2) is 0 Å².